The van der Waals surface area contributed by atoms with Crippen LogP contribution in [0.3, 0.4) is 0 Å². The van der Waals surface area contributed by atoms with Crippen molar-refractivity contribution in [2.24, 2.45) is 0 Å². The number of fused-ring (bicyclic) bond motifs is 1. The molecule has 0 aliphatic rings. The first-order valence-corrected chi connectivity index (χ1v) is 11.3. The average Bonchev–Trinajstić information content (AvgIpc) is 3.25. The molecular formula is C21H18FKN6O4S2. The van der Waals surface area contributed by atoms with Crippen LogP contribution in [0.1, 0.15) is 4.88 Å². The van der Waals surface area contributed by atoms with Gasteiger partial charge in [-0.1, -0.05) is 12.1 Å². The van der Waals surface area contributed by atoms with Crippen LogP contribution in [-0.4, -0.2) is 27.8 Å². The molecule has 0 saturated heterocycles. The number of nitrogens with zero attached hydrogens (tertiary/aromatic N) is 3. The Bertz CT molecular complexity index is 1490. The molecule has 14 heteroatoms. The van der Waals surface area contributed by atoms with Gasteiger partial charge in [-0.05, 0) is 49.0 Å². The molecule has 4 rings (SSSR count). The molecule has 4 aromatic rings. The number of aromatic amines is 1. The number of thiophene rings is 1. The number of amides is 2. The second-order valence-corrected chi connectivity index (χ2v) is 8.96. The van der Waals surface area contributed by atoms with E-state index in [-0.39, 0.29) is 73.7 Å². The number of aryl methyl sites for hydroxylation is 1. The number of hydrogen-bond donors (Lipinski definition) is 4. The van der Waals surface area contributed by atoms with E-state index in [1.807, 2.05) is 13.0 Å². The Labute approximate surface area is 249 Å². The zero-order valence-electron chi connectivity index (χ0n) is 18.8. The summed E-state index contributed by atoms with van der Waals surface area (Å²) in [6, 6.07) is 11.1. The Kier molecular flexibility index (Phi) is 9.17. The summed E-state index contributed by atoms with van der Waals surface area (Å²) < 4.78 is 19.5. The first-order valence-electron chi connectivity index (χ1n) is 9.78. The predicted molar refractivity (Wildman–Crippen MR) is 133 cm³/mol. The maximum absolute atomic E-state index is 14.1. The summed E-state index contributed by atoms with van der Waals surface area (Å²) >= 11 is 1.91. The molecule has 35 heavy (non-hydrogen) atoms. The van der Waals surface area contributed by atoms with Crippen molar-refractivity contribution < 1.29 is 65.8 Å². The number of aromatic nitrogens is 2. The van der Waals surface area contributed by atoms with E-state index in [0.29, 0.717) is 22.8 Å². The molecule has 2 amide bonds. The van der Waals surface area contributed by atoms with Gasteiger partial charge in [-0.25, -0.2) is 13.8 Å². The Morgan fingerprint density at radius 2 is 1.91 bits per heavy atom. The standard InChI is InChI=1S/C21H19FN6O4S2.K/c1-11-3-8-18(33-11)28(32)34-26-20(30)24-12-4-6-13(7-5-12)27-19(29)14-9-15(22)17(23-2)10-16(14)25-21(27)31;/h3-10,32H,1-2H3,(H4,23,24,25,26,29,30,31);/q;+1/p-1. The predicted octanol–water partition coefficient (Wildman–Crippen LogP) is 1.60. The van der Waals surface area contributed by atoms with Crippen LogP contribution >= 0.6 is 23.5 Å². The molecule has 2 aromatic carbocycles. The zero-order chi connectivity index (χ0) is 24.4. The van der Waals surface area contributed by atoms with Crippen molar-refractivity contribution in [3.8, 4) is 5.69 Å². The van der Waals surface area contributed by atoms with Crippen LogP contribution in [0.4, 0.5) is 25.6 Å². The summed E-state index contributed by atoms with van der Waals surface area (Å²) in [5, 5.41) is 15.6. The van der Waals surface area contributed by atoms with Gasteiger partial charge < -0.3 is 20.3 Å². The fourth-order valence-corrected chi connectivity index (χ4v) is 4.37. The molecule has 0 saturated carbocycles. The van der Waals surface area contributed by atoms with Crippen molar-refractivity contribution in [3.05, 3.63) is 84.8 Å². The maximum atomic E-state index is 14.1. The Morgan fingerprint density at radius 1 is 1.20 bits per heavy atom. The summed E-state index contributed by atoms with van der Waals surface area (Å²) in [7, 11) is 1.53. The van der Waals surface area contributed by atoms with E-state index in [1.54, 1.807) is 6.07 Å². The Balaban J connectivity index is 0.00000342. The van der Waals surface area contributed by atoms with E-state index in [4.69, 9.17) is 0 Å². The SMILES string of the molecule is CNc1cc2[nH]c(=O)n(-c3ccc(NC(=O)[N-]SN(O)c4ccc(C)s4)cc3)c(=O)c2cc1F.[K+]. The van der Waals surface area contributed by atoms with Crippen LogP contribution in [0.25, 0.3) is 21.3 Å². The van der Waals surface area contributed by atoms with Gasteiger partial charge in [-0.15, -0.1) is 11.3 Å². The number of anilines is 3. The van der Waals surface area contributed by atoms with Gasteiger partial charge in [0.15, 0.2) is 6.03 Å². The fraction of sp³-hybridized carbons (Fsp3) is 0.0952. The Hall–Kier alpha value is -2.17. The quantitative estimate of drug-likeness (QED) is 0.166. The van der Waals surface area contributed by atoms with Gasteiger partial charge in [0.25, 0.3) is 5.56 Å². The number of H-pyrrole nitrogens is 1. The molecule has 0 aliphatic heterocycles. The Morgan fingerprint density at radius 3 is 2.54 bits per heavy atom. The molecule has 0 unspecified atom stereocenters. The third-order valence-corrected chi connectivity index (χ3v) is 6.44. The van der Waals surface area contributed by atoms with Crippen LogP contribution in [0.15, 0.2) is 58.1 Å². The summed E-state index contributed by atoms with van der Waals surface area (Å²) in [5.74, 6) is -0.624. The molecule has 0 bridgehead atoms. The van der Waals surface area contributed by atoms with Crippen molar-refractivity contribution >= 4 is 56.8 Å². The van der Waals surface area contributed by atoms with Crippen molar-refractivity contribution in [2.75, 3.05) is 22.1 Å². The van der Waals surface area contributed by atoms with E-state index >= 15 is 0 Å². The van der Waals surface area contributed by atoms with Gasteiger partial charge in [0.1, 0.15) is 10.8 Å². The number of benzene rings is 2. The van der Waals surface area contributed by atoms with Crippen molar-refractivity contribution in [1.82, 2.24) is 9.55 Å². The molecule has 0 fully saturated rings. The summed E-state index contributed by atoms with van der Waals surface area (Å²) in [5.41, 5.74) is -0.444. The van der Waals surface area contributed by atoms with Crippen LogP contribution in [0.5, 0.6) is 0 Å². The van der Waals surface area contributed by atoms with Crippen LogP contribution < -0.4 is 77.7 Å². The third kappa shape index (κ3) is 6.15. The van der Waals surface area contributed by atoms with E-state index < -0.39 is 23.1 Å². The van der Waals surface area contributed by atoms with Crippen molar-refractivity contribution in [2.45, 2.75) is 6.92 Å². The second-order valence-electron chi connectivity index (χ2n) is 7.01. The van der Waals surface area contributed by atoms with Crippen LogP contribution in [0, 0.1) is 12.7 Å². The zero-order valence-corrected chi connectivity index (χ0v) is 23.6. The maximum Gasteiger partial charge on any atom is 1.00 e. The molecule has 4 N–H and O–H groups in total. The fourth-order valence-electron chi connectivity index (χ4n) is 3.14. The molecule has 176 valence electrons. The second kappa shape index (κ2) is 11.7. The van der Waals surface area contributed by atoms with E-state index in [1.165, 1.54) is 48.7 Å². The number of halogens is 1. The van der Waals surface area contributed by atoms with E-state index in [9.17, 15) is 24.0 Å². The first kappa shape index (κ1) is 27.4. The van der Waals surface area contributed by atoms with Crippen LogP contribution in [-0.2, 0) is 0 Å². The number of urea groups is 1. The van der Waals surface area contributed by atoms with Gasteiger partial charge in [0, 0.05) is 24.1 Å². The molecule has 0 aliphatic carbocycles. The number of hydrogen-bond acceptors (Lipinski definition) is 8. The molecular weight excluding hydrogens is 522 g/mol. The van der Waals surface area contributed by atoms with E-state index in [0.717, 1.165) is 20.0 Å². The van der Waals surface area contributed by atoms with Gasteiger partial charge in [-0.3, -0.25) is 14.8 Å². The van der Waals surface area contributed by atoms with Gasteiger partial charge in [0.05, 0.1) is 22.3 Å². The van der Waals surface area contributed by atoms with Crippen LogP contribution in [0.2, 0.25) is 0 Å². The smallest absolute Gasteiger partial charge is 0.424 e. The summed E-state index contributed by atoms with van der Waals surface area (Å²) in [4.78, 5) is 41.1. The largest absolute Gasteiger partial charge is 1.00 e. The molecule has 2 aromatic heterocycles. The van der Waals surface area contributed by atoms with Gasteiger partial charge in [0.2, 0.25) is 0 Å². The number of rotatable bonds is 6. The van der Waals surface area contributed by atoms with Gasteiger partial charge in [-0.2, -0.15) is 4.47 Å². The average molecular weight is 541 g/mol. The minimum Gasteiger partial charge on any atom is -0.424 e. The van der Waals surface area contributed by atoms with Gasteiger partial charge >= 0.3 is 57.1 Å². The molecule has 2 heterocycles. The molecule has 0 spiro atoms. The summed E-state index contributed by atoms with van der Waals surface area (Å²) in [6.07, 6.45) is 0. The summed E-state index contributed by atoms with van der Waals surface area (Å²) in [6.45, 7) is 1.89. The third-order valence-electron chi connectivity index (χ3n) is 4.75. The minimum atomic E-state index is -0.721. The molecule has 0 atom stereocenters. The molecule has 10 nitrogen and oxygen atoms in total. The molecule has 0 radical (unpaired) electrons. The first-order chi connectivity index (χ1) is 16.3. The monoisotopic (exact) mass is 540 g/mol. The number of carbonyl (C=O) groups excluding carboxylic acids is 1. The van der Waals surface area contributed by atoms with Crippen molar-refractivity contribution in [3.63, 3.8) is 0 Å². The number of nitrogens with one attached hydrogen (secondary N) is 3. The van der Waals surface area contributed by atoms with E-state index in [2.05, 4.69) is 20.3 Å². The topological polar surface area (TPSA) is 134 Å². The number of carbonyl (C=O) groups is 1. The minimum absolute atomic E-state index is 0. The normalized spacial score (nSPS) is 10.5. The van der Waals surface area contributed by atoms with Crippen molar-refractivity contribution in [1.29, 1.82) is 0 Å².